The Morgan fingerprint density at radius 2 is 1.81 bits per heavy atom. The van der Waals surface area contributed by atoms with Crippen molar-refractivity contribution in [1.29, 1.82) is 0 Å². The van der Waals surface area contributed by atoms with Crippen LogP contribution in [0.2, 0.25) is 0 Å². The molecule has 0 amide bonds. The molecule has 0 bridgehead atoms. The summed E-state index contributed by atoms with van der Waals surface area (Å²) in [6.07, 6.45) is 1.25. The molecule has 82 valence electrons. The number of rotatable bonds is 2. The van der Waals surface area contributed by atoms with Gasteiger partial charge >= 0.3 is 0 Å². The van der Waals surface area contributed by atoms with Crippen molar-refractivity contribution in [3.05, 3.63) is 54.1 Å². The van der Waals surface area contributed by atoms with Gasteiger partial charge < -0.3 is 5.32 Å². The van der Waals surface area contributed by atoms with Gasteiger partial charge in [-0.15, -0.1) is 0 Å². The van der Waals surface area contributed by atoms with E-state index in [-0.39, 0.29) is 5.69 Å². The summed E-state index contributed by atoms with van der Waals surface area (Å²) >= 11 is 0. The molecule has 1 heterocycles. The molecular weight excluding hydrogens is 217 g/mol. The Labute approximate surface area is 89.8 Å². The predicted octanol–water partition coefficient (Wildman–Crippen LogP) is 3.24. The van der Waals surface area contributed by atoms with Gasteiger partial charge in [-0.2, -0.15) is 4.39 Å². The van der Waals surface area contributed by atoms with Crippen molar-refractivity contribution in [2.24, 2.45) is 0 Å². The molecule has 1 N–H and O–H groups in total. The smallest absolute Gasteiger partial charge is 0.214 e. The first-order chi connectivity index (χ1) is 7.65. The standard InChI is InChI=1S/C11H7F3N2/c12-7-1-2-10(9(13)5-7)16-8-3-4-15-11(14)6-8/h1-6H,(H,15,16). The monoisotopic (exact) mass is 224 g/mol. The lowest BCUT2D eigenvalue weighted by Crippen LogP contribution is -1.95. The summed E-state index contributed by atoms with van der Waals surface area (Å²) in [7, 11) is 0. The highest BCUT2D eigenvalue weighted by Gasteiger charge is 2.04. The van der Waals surface area contributed by atoms with E-state index in [4.69, 9.17) is 0 Å². The van der Waals surface area contributed by atoms with Crippen LogP contribution in [0.5, 0.6) is 0 Å². The van der Waals surface area contributed by atoms with E-state index in [9.17, 15) is 13.2 Å². The first-order valence-electron chi connectivity index (χ1n) is 4.49. The average Bonchev–Trinajstić information content (AvgIpc) is 2.22. The van der Waals surface area contributed by atoms with Gasteiger partial charge in [0.15, 0.2) is 0 Å². The maximum absolute atomic E-state index is 13.2. The van der Waals surface area contributed by atoms with Crippen molar-refractivity contribution < 1.29 is 13.2 Å². The van der Waals surface area contributed by atoms with Gasteiger partial charge in [0.25, 0.3) is 0 Å². The van der Waals surface area contributed by atoms with Gasteiger partial charge in [0.05, 0.1) is 5.69 Å². The minimum atomic E-state index is -0.739. The number of anilines is 2. The first kappa shape index (κ1) is 10.5. The number of halogens is 3. The van der Waals surface area contributed by atoms with E-state index in [1.165, 1.54) is 18.3 Å². The highest BCUT2D eigenvalue weighted by molar-refractivity contribution is 5.59. The van der Waals surface area contributed by atoms with Gasteiger partial charge in [-0.25, -0.2) is 13.8 Å². The lowest BCUT2D eigenvalue weighted by atomic mass is 10.3. The molecule has 2 nitrogen and oxygen atoms in total. The zero-order chi connectivity index (χ0) is 11.5. The lowest BCUT2D eigenvalue weighted by Gasteiger charge is -2.06. The molecule has 16 heavy (non-hydrogen) atoms. The third-order valence-corrected chi connectivity index (χ3v) is 1.94. The molecular formula is C11H7F3N2. The van der Waals surface area contributed by atoms with Crippen molar-refractivity contribution in [2.75, 3.05) is 5.32 Å². The molecule has 2 aromatic rings. The Morgan fingerprint density at radius 1 is 1.00 bits per heavy atom. The molecule has 0 unspecified atom stereocenters. The number of hydrogen-bond acceptors (Lipinski definition) is 2. The zero-order valence-electron chi connectivity index (χ0n) is 8.05. The van der Waals surface area contributed by atoms with E-state index in [1.54, 1.807) is 0 Å². The SMILES string of the molecule is Fc1ccc(Nc2ccnc(F)c2)c(F)c1. The van der Waals surface area contributed by atoms with Gasteiger partial charge in [-0.05, 0) is 18.2 Å². The molecule has 0 atom stereocenters. The molecule has 0 spiro atoms. The molecule has 2 rings (SSSR count). The third-order valence-electron chi connectivity index (χ3n) is 1.94. The van der Waals surface area contributed by atoms with Crippen molar-refractivity contribution in [1.82, 2.24) is 4.98 Å². The largest absolute Gasteiger partial charge is 0.353 e. The normalized spacial score (nSPS) is 10.2. The van der Waals surface area contributed by atoms with E-state index in [0.717, 1.165) is 18.2 Å². The van der Waals surface area contributed by atoms with Crippen LogP contribution in [0, 0.1) is 17.6 Å². The molecule has 1 aromatic heterocycles. The maximum atomic E-state index is 13.2. The molecule has 0 aliphatic heterocycles. The van der Waals surface area contributed by atoms with Crippen molar-refractivity contribution in [3.8, 4) is 0 Å². The van der Waals surface area contributed by atoms with Crippen LogP contribution in [0.1, 0.15) is 0 Å². The van der Waals surface area contributed by atoms with Crippen LogP contribution in [-0.4, -0.2) is 4.98 Å². The minimum Gasteiger partial charge on any atom is -0.353 e. The quantitative estimate of drug-likeness (QED) is 0.792. The fourth-order valence-corrected chi connectivity index (χ4v) is 1.23. The van der Waals surface area contributed by atoms with E-state index >= 15 is 0 Å². The van der Waals surface area contributed by atoms with Crippen LogP contribution >= 0.6 is 0 Å². The van der Waals surface area contributed by atoms with Crippen molar-refractivity contribution >= 4 is 11.4 Å². The predicted molar refractivity (Wildman–Crippen MR) is 53.8 cm³/mol. The Hall–Kier alpha value is -2.04. The molecule has 0 saturated carbocycles. The Bertz CT molecular complexity index is 514. The van der Waals surface area contributed by atoms with Crippen molar-refractivity contribution in [3.63, 3.8) is 0 Å². The van der Waals surface area contributed by atoms with Crippen LogP contribution in [0.25, 0.3) is 0 Å². The summed E-state index contributed by atoms with van der Waals surface area (Å²) in [6.45, 7) is 0. The summed E-state index contributed by atoms with van der Waals surface area (Å²) < 4.78 is 38.6. The maximum Gasteiger partial charge on any atom is 0.214 e. The van der Waals surface area contributed by atoms with Gasteiger partial charge in [0, 0.05) is 24.0 Å². The van der Waals surface area contributed by atoms with E-state index in [1.807, 2.05) is 0 Å². The van der Waals surface area contributed by atoms with E-state index in [2.05, 4.69) is 10.3 Å². The summed E-state index contributed by atoms with van der Waals surface area (Å²) in [5.74, 6) is -2.08. The summed E-state index contributed by atoms with van der Waals surface area (Å²) in [4.78, 5) is 3.36. The van der Waals surface area contributed by atoms with Crippen LogP contribution in [0.4, 0.5) is 24.5 Å². The number of nitrogens with one attached hydrogen (secondary N) is 1. The molecule has 0 fully saturated rings. The molecule has 0 saturated heterocycles. The van der Waals surface area contributed by atoms with Crippen LogP contribution in [-0.2, 0) is 0 Å². The number of aromatic nitrogens is 1. The van der Waals surface area contributed by atoms with E-state index in [0.29, 0.717) is 5.69 Å². The topological polar surface area (TPSA) is 24.9 Å². The molecule has 0 aliphatic rings. The molecule has 1 aromatic carbocycles. The van der Waals surface area contributed by atoms with Gasteiger partial charge in [-0.1, -0.05) is 0 Å². The number of nitrogens with zero attached hydrogens (tertiary/aromatic N) is 1. The fraction of sp³-hybridized carbons (Fsp3) is 0. The molecule has 5 heteroatoms. The minimum absolute atomic E-state index is 0.0759. The van der Waals surface area contributed by atoms with Crippen LogP contribution < -0.4 is 5.32 Å². The number of pyridine rings is 1. The van der Waals surface area contributed by atoms with Crippen molar-refractivity contribution in [2.45, 2.75) is 0 Å². The summed E-state index contributed by atoms with van der Waals surface area (Å²) in [5.41, 5.74) is 0.421. The van der Waals surface area contributed by atoms with Crippen LogP contribution in [0.15, 0.2) is 36.5 Å². The van der Waals surface area contributed by atoms with Gasteiger partial charge in [0.2, 0.25) is 5.95 Å². The van der Waals surface area contributed by atoms with E-state index < -0.39 is 17.6 Å². The number of benzene rings is 1. The van der Waals surface area contributed by atoms with Gasteiger partial charge in [0.1, 0.15) is 11.6 Å². The Morgan fingerprint density at radius 3 is 2.50 bits per heavy atom. The summed E-state index contributed by atoms with van der Waals surface area (Å²) in [5, 5.41) is 2.62. The number of hydrogen-bond donors (Lipinski definition) is 1. The second-order valence-corrected chi connectivity index (χ2v) is 3.12. The third kappa shape index (κ3) is 2.31. The Balaban J connectivity index is 2.27. The summed E-state index contributed by atoms with van der Waals surface area (Å²) in [6, 6.07) is 5.69. The highest BCUT2D eigenvalue weighted by atomic mass is 19.1. The Kier molecular flexibility index (Phi) is 2.76. The second-order valence-electron chi connectivity index (χ2n) is 3.12. The second kappa shape index (κ2) is 4.22. The first-order valence-corrected chi connectivity index (χ1v) is 4.49. The average molecular weight is 224 g/mol. The van der Waals surface area contributed by atoms with Gasteiger partial charge in [-0.3, -0.25) is 0 Å². The fourth-order valence-electron chi connectivity index (χ4n) is 1.23. The molecule has 0 aliphatic carbocycles. The lowest BCUT2D eigenvalue weighted by molar-refractivity contribution is 0.582. The molecule has 0 radical (unpaired) electrons. The zero-order valence-corrected chi connectivity index (χ0v) is 8.05. The van der Waals surface area contributed by atoms with Crippen LogP contribution in [0.3, 0.4) is 0 Å². The highest BCUT2D eigenvalue weighted by Crippen LogP contribution is 2.20.